The maximum atomic E-state index is 12.7. The Morgan fingerprint density at radius 1 is 1.12 bits per heavy atom. The zero-order valence-electron chi connectivity index (χ0n) is 18.2. The number of furan rings is 1. The molecule has 0 aliphatic heterocycles. The average molecular weight is 446 g/mol. The molecule has 0 aliphatic rings. The van der Waals surface area contributed by atoms with Gasteiger partial charge in [-0.15, -0.1) is 0 Å². The number of aryl methyl sites for hydroxylation is 1. The van der Waals surface area contributed by atoms with Crippen LogP contribution in [0.3, 0.4) is 0 Å². The summed E-state index contributed by atoms with van der Waals surface area (Å²) < 4.78 is 11.9. The molecule has 1 aromatic heterocycles. The lowest BCUT2D eigenvalue weighted by atomic mass is 9.96. The zero-order chi connectivity index (χ0) is 22.7. The van der Waals surface area contributed by atoms with Gasteiger partial charge in [0.2, 0.25) is 5.91 Å². The molecule has 1 heterocycles. The Bertz CT molecular complexity index is 1310. The largest absolute Gasteiger partial charge is 0.493 e. The molecule has 0 spiro atoms. The molecule has 4 rings (SSSR count). The lowest BCUT2D eigenvalue weighted by Crippen LogP contribution is -2.09. The number of amides is 1. The summed E-state index contributed by atoms with van der Waals surface area (Å²) in [6.45, 7) is 6.33. The van der Waals surface area contributed by atoms with Crippen molar-refractivity contribution in [1.82, 2.24) is 0 Å². The van der Waals surface area contributed by atoms with E-state index < -0.39 is 0 Å². The van der Waals surface area contributed by atoms with Gasteiger partial charge in [0.15, 0.2) is 0 Å². The summed E-state index contributed by atoms with van der Waals surface area (Å²) >= 11 is 6.02. The van der Waals surface area contributed by atoms with Crippen LogP contribution in [0.5, 0.6) is 5.75 Å². The van der Waals surface area contributed by atoms with Crippen LogP contribution >= 0.6 is 11.6 Å². The highest BCUT2D eigenvalue weighted by Gasteiger charge is 2.19. The third kappa shape index (κ3) is 4.41. The third-order valence-electron chi connectivity index (χ3n) is 5.28. The van der Waals surface area contributed by atoms with Crippen LogP contribution in [0.4, 0.5) is 5.69 Å². The van der Waals surface area contributed by atoms with E-state index in [9.17, 15) is 4.79 Å². The molecule has 0 bridgehead atoms. The van der Waals surface area contributed by atoms with Crippen molar-refractivity contribution in [2.45, 2.75) is 20.8 Å². The first kappa shape index (κ1) is 21.7. The van der Waals surface area contributed by atoms with Crippen molar-refractivity contribution in [2.75, 3.05) is 11.9 Å². The number of hydrogen-bond acceptors (Lipinski definition) is 3. The Morgan fingerprint density at radius 3 is 2.62 bits per heavy atom. The van der Waals surface area contributed by atoms with Gasteiger partial charge in [0.25, 0.3) is 0 Å². The van der Waals surface area contributed by atoms with E-state index in [2.05, 4.69) is 17.4 Å². The topological polar surface area (TPSA) is 51.5 Å². The number of carbonyl (C=O) groups is 1. The lowest BCUT2D eigenvalue weighted by molar-refractivity contribution is -0.111. The van der Waals surface area contributed by atoms with Gasteiger partial charge in [0, 0.05) is 38.9 Å². The molecule has 1 amide bonds. The highest BCUT2D eigenvalue weighted by Crippen LogP contribution is 2.40. The number of hydrogen-bond donors (Lipinski definition) is 1. The molecule has 0 aliphatic carbocycles. The van der Waals surface area contributed by atoms with Crippen molar-refractivity contribution in [3.8, 4) is 16.9 Å². The predicted octanol–water partition coefficient (Wildman–Crippen LogP) is 7.50. The first-order valence-electron chi connectivity index (χ1n) is 10.5. The molecule has 162 valence electrons. The highest BCUT2D eigenvalue weighted by atomic mass is 35.5. The second kappa shape index (κ2) is 9.33. The molecule has 0 radical (unpaired) electrons. The number of carbonyl (C=O) groups excluding carboxylic acids is 1. The number of nitrogens with one attached hydrogen (secondary N) is 1. The molecule has 0 atom stereocenters. The van der Waals surface area contributed by atoms with Crippen molar-refractivity contribution < 1.29 is 13.9 Å². The minimum absolute atomic E-state index is 0.236. The molecule has 3 aromatic carbocycles. The Hall–Kier alpha value is -3.50. The SMILES string of the molecule is CCOc1c(/C(C)=C/C(=O)Nc2cccc(Cl)c2)cc2c(-c3ccccc3)coc2c1C. The summed E-state index contributed by atoms with van der Waals surface area (Å²) in [5.74, 6) is 0.485. The first-order chi connectivity index (χ1) is 15.5. The zero-order valence-corrected chi connectivity index (χ0v) is 19.0. The van der Waals surface area contributed by atoms with Crippen LogP contribution in [-0.2, 0) is 4.79 Å². The van der Waals surface area contributed by atoms with Crippen molar-refractivity contribution in [1.29, 1.82) is 0 Å². The molecule has 32 heavy (non-hydrogen) atoms. The highest BCUT2D eigenvalue weighted by molar-refractivity contribution is 6.31. The molecule has 0 saturated heterocycles. The molecule has 4 aromatic rings. The van der Waals surface area contributed by atoms with Crippen LogP contribution in [0.15, 0.2) is 77.4 Å². The fourth-order valence-corrected chi connectivity index (χ4v) is 3.99. The molecule has 1 N–H and O–H groups in total. The second-order valence-corrected chi connectivity index (χ2v) is 7.97. The summed E-state index contributed by atoms with van der Waals surface area (Å²) in [4.78, 5) is 12.7. The average Bonchev–Trinajstić information content (AvgIpc) is 3.20. The van der Waals surface area contributed by atoms with Crippen LogP contribution in [0.1, 0.15) is 25.0 Å². The van der Waals surface area contributed by atoms with Crippen molar-refractivity contribution in [2.24, 2.45) is 0 Å². The molecule has 0 fully saturated rings. The summed E-state index contributed by atoms with van der Waals surface area (Å²) in [5.41, 5.74) is 6.06. The number of allylic oxidation sites excluding steroid dienone is 1. The normalized spacial score (nSPS) is 11.6. The van der Waals surface area contributed by atoms with Crippen LogP contribution in [0, 0.1) is 6.92 Å². The second-order valence-electron chi connectivity index (χ2n) is 7.53. The summed E-state index contributed by atoms with van der Waals surface area (Å²) in [7, 11) is 0. The minimum Gasteiger partial charge on any atom is -0.493 e. The van der Waals surface area contributed by atoms with Crippen LogP contribution in [-0.4, -0.2) is 12.5 Å². The molecule has 0 saturated carbocycles. The van der Waals surface area contributed by atoms with Crippen molar-refractivity contribution in [3.63, 3.8) is 0 Å². The standard InChI is InChI=1S/C27H24ClNO3/c1-4-31-26-18(3)27-23(24(16-32-27)19-9-6-5-7-10-19)15-22(26)17(2)13-25(30)29-21-12-8-11-20(28)14-21/h5-16H,4H2,1-3H3,(H,29,30)/b17-13+. The van der Waals surface area contributed by atoms with Gasteiger partial charge in [0.1, 0.15) is 11.3 Å². The van der Waals surface area contributed by atoms with E-state index in [0.717, 1.165) is 44.5 Å². The molecule has 5 heteroatoms. The van der Waals surface area contributed by atoms with E-state index in [-0.39, 0.29) is 5.91 Å². The smallest absolute Gasteiger partial charge is 0.248 e. The Kier molecular flexibility index (Phi) is 6.33. The van der Waals surface area contributed by atoms with Gasteiger partial charge in [-0.2, -0.15) is 0 Å². The minimum atomic E-state index is -0.236. The van der Waals surface area contributed by atoms with Gasteiger partial charge in [-0.1, -0.05) is 48.0 Å². The molecular formula is C27H24ClNO3. The van der Waals surface area contributed by atoms with Gasteiger partial charge in [0.05, 0.1) is 12.9 Å². The van der Waals surface area contributed by atoms with E-state index >= 15 is 0 Å². The van der Waals surface area contributed by atoms with Crippen LogP contribution in [0.25, 0.3) is 27.7 Å². The van der Waals surface area contributed by atoms with E-state index in [1.807, 2.05) is 45.0 Å². The first-order valence-corrected chi connectivity index (χ1v) is 10.8. The maximum absolute atomic E-state index is 12.7. The third-order valence-corrected chi connectivity index (χ3v) is 5.52. The van der Waals surface area contributed by atoms with Crippen molar-refractivity contribution >= 4 is 39.7 Å². The van der Waals surface area contributed by atoms with Gasteiger partial charge < -0.3 is 14.5 Å². The molecular weight excluding hydrogens is 422 g/mol. The number of ether oxygens (including phenoxy) is 1. The van der Waals surface area contributed by atoms with Gasteiger partial charge in [-0.3, -0.25) is 4.79 Å². The van der Waals surface area contributed by atoms with E-state index in [4.69, 9.17) is 20.8 Å². The number of rotatable bonds is 6. The van der Waals surface area contributed by atoms with Gasteiger partial charge in [-0.25, -0.2) is 0 Å². The maximum Gasteiger partial charge on any atom is 0.248 e. The quantitative estimate of drug-likeness (QED) is 0.312. The van der Waals surface area contributed by atoms with Crippen LogP contribution in [0.2, 0.25) is 5.02 Å². The van der Waals surface area contributed by atoms with E-state index in [1.165, 1.54) is 0 Å². The summed E-state index contributed by atoms with van der Waals surface area (Å²) in [6.07, 6.45) is 3.35. The van der Waals surface area contributed by atoms with Crippen molar-refractivity contribution in [3.05, 3.63) is 89.2 Å². The lowest BCUT2D eigenvalue weighted by Gasteiger charge is -2.15. The van der Waals surface area contributed by atoms with E-state index in [1.54, 1.807) is 36.6 Å². The molecule has 0 unspecified atom stereocenters. The Morgan fingerprint density at radius 2 is 1.91 bits per heavy atom. The summed E-state index contributed by atoms with van der Waals surface area (Å²) in [6, 6.07) is 19.2. The number of benzene rings is 3. The predicted molar refractivity (Wildman–Crippen MR) is 131 cm³/mol. The summed E-state index contributed by atoms with van der Waals surface area (Å²) in [5, 5.41) is 4.41. The fraction of sp³-hybridized carbons (Fsp3) is 0.148. The van der Waals surface area contributed by atoms with Crippen LogP contribution < -0.4 is 10.1 Å². The molecule has 4 nitrogen and oxygen atoms in total. The number of anilines is 1. The Balaban J connectivity index is 1.78. The van der Waals surface area contributed by atoms with E-state index in [0.29, 0.717) is 17.3 Å². The van der Waals surface area contributed by atoms with Gasteiger partial charge >= 0.3 is 0 Å². The number of halogens is 1. The number of fused-ring (bicyclic) bond motifs is 1. The monoisotopic (exact) mass is 445 g/mol. The Labute approximate surface area is 192 Å². The fourth-order valence-electron chi connectivity index (χ4n) is 3.80. The van der Waals surface area contributed by atoms with Gasteiger partial charge in [-0.05, 0) is 56.2 Å².